The van der Waals surface area contributed by atoms with Gasteiger partial charge in [0, 0.05) is 36.6 Å². The number of alkyl halides is 1. The molecule has 10 nitrogen and oxygen atoms in total. The number of fused-ring (bicyclic) bond motifs is 1. The Morgan fingerprint density at radius 2 is 1.78 bits per heavy atom. The van der Waals surface area contributed by atoms with Crippen LogP contribution in [0.25, 0.3) is 0 Å². The van der Waals surface area contributed by atoms with Gasteiger partial charge in [0.2, 0.25) is 11.8 Å². The number of benzene rings is 2. The Kier molecular flexibility index (Phi) is 12.9. The van der Waals surface area contributed by atoms with Gasteiger partial charge in [0.05, 0.1) is 24.0 Å². The van der Waals surface area contributed by atoms with Crippen molar-refractivity contribution in [2.24, 2.45) is 11.8 Å². The number of carbonyl (C=O) groups excluding carboxylic acids is 4. The molecule has 2 N–H and O–H groups in total. The second-order valence-electron chi connectivity index (χ2n) is 13.8. The molecule has 3 saturated heterocycles. The van der Waals surface area contributed by atoms with Gasteiger partial charge in [0.15, 0.2) is 0 Å². The Balaban J connectivity index is 1.49. The zero-order valence-corrected chi connectivity index (χ0v) is 31.2. The molecular weight excluding hydrogens is 714 g/mol. The van der Waals surface area contributed by atoms with Gasteiger partial charge in [-0.25, -0.2) is 0 Å². The highest BCUT2D eigenvalue weighted by atomic mass is 79.9. The van der Waals surface area contributed by atoms with E-state index in [9.17, 15) is 19.5 Å². The number of para-hydroxylation sites is 1. The van der Waals surface area contributed by atoms with Gasteiger partial charge in [-0.05, 0) is 56.2 Å². The number of allylic oxidation sites excluding steroid dienone is 1. The van der Waals surface area contributed by atoms with Gasteiger partial charge in [-0.2, -0.15) is 0 Å². The standard InChI is InChI=1S/C40H50BrN3O7/c1-5-7-20-31(46)50-25-30(28-18-11-10-12-19-28)42-37(47)32-33-38(48)44(22-13-8-9-14-23-45)36(40(33)24-29(41)35(32)51-40)39(49)43(21-6-2)34-26(3)16-15-17-27(34)4/h5-6,10-12,15-19,29-30,32-33,35-36,45H,1-2,7-9,13-14,20-25H2,3-4H3,(H,42,47)/t29?,30-,32+,33-,35+,36+,40-/m0/s1. The number of hydrogen-bond acceptors (Lipinski definition) is 7. The molecule has 3 aliphatic rings. The van der Waals surface area contributed by atoms with Crippen molar-refractivity contribution in [1.29, 1.82) is 0 Å². The summed E-state index contributed by atoms with van der Waals surface area (Å²) >= 11 is 3.78. The van der Waals surface area contributed by atoms with Crippen LogP contribution in [0.3, 0.4) is 0 Å². The highest BCUT2D eigenvalue weighted by Crippen LogP contribution is 2.60. The number of esters is 1. The number of aliphatic hydroxyl groups is 1. The lowest BCUT2D eigenvalue weighted by atomic mass is 9.70. The number of amides is 3. The second-order valence-corrected chi connectivity index (χ2v) is 15.0. The number of halogens is 1. The maximum atomic E-state index is 15.0. The number of rotatable bonds is 18. The molecule has 3 fully saturated rings. The molecule has 3 aliphatic heterocycles. The molecule has 0 aliphatic carbocycles. The summed E-state index contributed by atoms with van der Waals surface area (Å²) in [5.41, 5.74) is 2.12. The monoisotopic (exact) mass is 763 g/mol. The van der Waals surface area contributed by atoms with Crippen molar-refractivity contribution in [3.8, 4) is 0 Å². The molecule has 0 aromatic heterocycles. The van der Waals surface area contributed by atoms with Crippen LogP contribution in [-0.4, -0.2) is 82.6 Å². The van der Waals surface area contributed by atoms with Gasteiger partial charge in [0.25, 0.3) is 5.91 Å². The summed E-state index contributed by atoms with van der Waals surface area (Å²) in [7, 11) is 0. The van der Waals surface area contributed by atoms with Gasteiger partial charge in [-0.1, -0.05) is 89.5 Å². The molecule has 2 bridgehead atoms. The van der Waals surface area contributed by atoms with Gasteiger partial charge in [-0.3, -0.25) is 19.2 Å². The van der Waals surface area contributed by atoms with Gasteiger partial charge < -0.3 is 29.7 Å². The molecule has 274 valence electrons. The number of nitrogens with zero attached hydrogens (tertiary/aromatic N) is 2. The lowest BCUT2D eigenvalue weighted by Crippen LogP contribution is -2.57. The predicted molar refractivity (Wildman–Crippen MR) is 199 cm³/mol. The highest BCUT2D eigenvalue weighted by Gasteiger charge is 2.76. The number of aryl methyl sites for hydroxylation is 2. The largest absolute Gasteiger partial charge is 0.463 e. The van der Waals surface area contributed by atoms with Gasteiger partial charge in [-0.15, -0.1) is 13.2 Å². The number of carbonyl (C=O) groups is 4. The van der Waals surface area contributed by atoms with E-state index in [2.05, 4.69) is 34.4 Å². The van der Waals surface area contributed by atoms with Crippen LogP contribution in [0.5, 0.6) is 0 Å². The molecule has 2 aromatic carbocycles. The lowest BCUT2D eigenvalue weighted by Gasteiger charge is -2.38. The van der Waals surface area contributed by atoms with Gasteiger partial charge >= 0.3 is 5.97 Å². The number of likely N-dealkylation sites (tertiary alicyclic amines) is 1. The summed E-state index contributed by atoms with van der Waals surface area (Å²) in [6.07, 6.45) is 6.57. The molecule has 0 radical (unpaired) electrons. The van der Waals surface area contributed by atoms with Crippen LogP contribution in [-0.2, 0) is 28.7 Å². The SMILES string of the molecule is C=CCCC(=O)OC[C@H](NC(=O)[C@H]1[C@@H]2O[C@@]3(CC2Br)[C@@H]1C(=O)N(CCCCCCO)[C@@H]3C(=O)N(CC=C)c1c(C)cccc1C)c1ccccc1. The van der Waals surface area contributed by atoms with E-state index in [0.29, 0.717) is 32.2 Å². The first-order chi connectivity index (χ1) is 24.6. The molecule has 5 rings (SSSR count). The summed E-state index contributed by atoms with van der Waals surface area (Å²) in [6, 6.07) is 13.5. The van der Waals surface area contributed by atoms with Crippen LogP contribution < -0.4 is 10.2 Å². The van der Waals surface area contributed by atoms with E-state index in [1.165, 1.54) is 0 Å². The third kappa shape index (κ3) is 7.85. The smallest absolute Gasteiger partial charge is 0.306 e. The van der Waals surface area contributed by atoms with E-state index in [4.69, 9.17) is 9.47 Å². The fourth-order valence-electron chi connectivity index (χ4n) is 8.14. The molecule has 3 heterocycles. The van der Waals surface area contributed by atoms with Crippen molar-refractivity contribution < 1.29 is 33.8 Å². The molecular formula is C40H50BrN3O7. The first-order valence-electron chi connectivity index (χ1n) is 17.9. The maximum Gasteiger partial charge on any atom is 0.306 e. The Labute approximate surface area is 309 Å². The Bertz CT molecular complexity index is 1580. The Hall–Kier alpha value is -3.80. The van der Waals surface area contributed by atoms with Crippen molar-refractivity contribution in [3.05, 3.63) is 90.5 Å². The van der Waals surface area contributed by atoms with Crippen LogP contribution >= 0.6 is 15.9 Å². The fourth-order valence-corrected chi connectivity index (χ4v) is 9.08. The maximum absolute atomic E-state index is 15.0. The van der Waals surface area contributed by atoms with E-state index >= 15 is 4.79 Å². The van der Waals surface area contributed by atoms with Crippen molar-refractivity contribution >= 4 is 45.3 Å². The summed E-state index contributed by atoms with van der Waals surface area (Å²) < 4.78 is 12.4. The molecule has 1 spiro atoms. The molecule has 7 atom stereocenters. The predicted octanol–water partition coefficient (Wildman–Crippen LogP) is 5.49. The van der Waals surface area contributed by atoms with E-state index in [1.54, 1.807) is 22.0 Å². The van der Waals surface area contributed by atoms with Crippen molar-refractivity contribution in [3.63, 3.8) is 0 Å². The van der Waals surface area contributed by atoms with Gasteiger partial charge in [0.1, 0.15) is 18.2 Å². The number of ether oxygens (including phenoxy) is 2. The number of unbranched alkanes of at least 4 members (excludes halogenated alkanes) is 3. The van der Waals surface area contributed by atoms with Crippen LogP contribution in [0.1, 0.15) is 67.7 Å². The average Bonchev–Trinajstić information content (AvgIpc) is 3.71. The van der Waals surface area contributed by atoms with Crippen LogP contribution in [0.2, 0.25) is 0 Å². The summed E-state index contributed by atoms with van der Waals surface area (Å²) in [5.74, 6) is -3.12. The summed E-state index contributed by atoms with van der Waals surface area (Å²) in [4.78, 5) is 59.7. The first kappa shape index (κ1) is 38.4. The minimum Gasteiger partial charge on any atom is -0.463 e. The third-order valence-corrected chi connectivity index (χ3v) is 11.2. The molecule has 3 amide bonds. The Morgan fingerprint density at radius 3 is 2.45 bits per heavy atom. The topological polar surface area (TPSA) is 125 Å². The minimum absolute atomic E-state index is 0.0845. The van der Waals surface area contributed by atoms with Crippen molar-refractivity contribution in [2.75, 3.05) is 31.2 Å². The quantitative estimate of drug-likeness (QED) is 0.0891. The normalized spacial score (nSPS) is 25.3. The molecule has 0 saturated carbocycles. The molecule has 2 aromatic rings. The number of nitrogens with one attached hydrogen (secondary N) is 1. The van der Waals surface area contributed by atoms with E-state index in [0.717, 1.165) is 35.2 Å². The molecule has 11 heteroatoms. The van der Waals surface area contributed by atoms with Crippen LogP contribution in [0.15, 0.2) is 73.8 Å². The lowest BCUT2D eigenvalue weighted by molar-refractivity contribution is -0.145. The number of aliphatic hydroxyl groups excluding tert-OH is 1. The molecule has 1 unspecified atom stereocenters. The van der Waals surface area contributed by atoms with E-state index in [-0.39, 0.29) is 42.8 Å². The van der Waals surface area contributed by atoms with Crippen molar-refractivity contribution in [1.82, 2.24) is 10.2 Å². The average molecular weight is 765 g/mol. The second kappa shape index (κ2) is 17.1. The van der Waals surface area contributed by atoms with Crippen LogP contribution in [0, 0.1) is 25.7 Å². The van der Waals surface area contributed by atoms with Crippen LogP contribution in [0.4, 0.5) is 5.69 Å². The Morgan fingerprint density at radius 1 is 1.08 bits per heavy atom. The third-order valence-electron chi connectivity index (χ3n) is 10.4. The highest BCUT2D eigenvalue weighted by molar-refractivity contribution is 9.09. The van der Waals surface area contributed by atoms with Crippen molar-refractivity contribution in [2.45, 2.75) is 87.4 Å². The zero-order valence-electron chi connectivity index (χ0n) is 29.6. The summed E-state index contributed by atoms with van der Waals surface area (Å²) in [6.45, 7) is 12.1. The number of anilines is 1. The minimum atomic E-state index is -1.24. The van der Waals surface area contributed by atoms with E-state index in [1.807, 2.05) is 62.4 Å². The first-order valence-corrected chi connectivity index (χ1v) is 18.8. The fraction of sp³-hybridized carbons (Fsp3) is 0.500. The molecule has 51 heavy (non-hydrogen) atoms. The zero-order chi connectivity index (χ0) is 36.7. The summed E-state index contributed by atoms with van der Waals surface area (Å²) in [5, 5.41) is 12.4. The number of hydrogen-bond donors (Lipinski definition) is 2. The van der Waals surface area contributed by atoms with E-state index < -0.39 is 47.5 Å².